The highest BCUT2D eigenvalue weighted by atomic mass is 16.5. The van der Waals surface area contributed by atoms with Crippen molar-refractivity contribution in [2.45, 2.75) is 44.6 Å². The van der Waals surface area contributed by atoms with Crippen molar-refractivity contribution in [3.63, 3.8) is 0 Å². The molecule has 0 aromatic heterocycles. The number of ketones is 1. The summed E-state index contributed by atoms with van der Waals surface area (Å²) in [5, 5.41) is 3.28. The first-order chi connectivity index (χ1) is 21.6. The van der Waals surface area contributed by atoms with Crippen LogP contribution in [0.25, 0.3) is 0 Å². The number of ether oxygens (including phenoxy) is 2. The first kappa shape index (κ1) is 30.9. The molecule has 0 radical (unpaired) electrons. The Bertz CT molecular complexity index is 1470. The number of benzene rings is 4. The molecule has 1 atom stereocenters. The molecule has 1 aliphatic rings. The lowest BCUT2D eigenvalue weighted by molar-refractivity contribution is -0.141. The molecule has 4 aromatic rings. The summed E-state index contributed by atoms with van der Waals surface area (Å²) in [5.41, 5.74) is 3.88. The molecule has 0 spiro atoms. The van der Waals surface area contributed by atoms with Gasteiger partial charge in [0.2, 0.25) is 0 Å². The zero-order valence-electron chi connectivity index (χ0n) is 25.5. The van der Waals surface area contributed by atoms with Crippen LogP contribution in [0, 0.1) is 5.92 Å². The molecule has 1 N–H and O–H groups in total. The summed E-state index contributed by atoms with van der Waals surface area (Å²) in [6, 6.07) is 34.2. The van der Waals surface area contributed by atoms with Crippen molar-refractivity contribution in [1.29, 1.82) is 0 Å². The van der Waals surface area contributed by atoms with Gasteiger partial charge in [-0.3, -0.25) is 4.79 Å². The number of hydrogen-bond donors (Lipinski definition) is 1. The fourth-order valence-corrected chi connectivity index (χ4v) is 5.95. The Morgan fingerprint density at radius 2 is 1.48 bits per heavy atom. The highest BCUT2D eigenvalue weighted by Gasteiger charge is 2.23. The van der Waals surface area contributed by atoms with Gasteiger partial charge in [-0.2, -0.15) is 0 Å². The Hall–Kier alpha value is -4.58. The standard InChI is InChI=1S/C38H42N2O4/c1-43-38(42)36(39-35-20-12-11-19-34(35)37(41)31-15-7-3-8-16-31)27-29-21-23-33(24-22-29)44-26-25-40(32-17-9-4-10-18-32)28-30-13-5-2-6-14-30/h3-4,7-12,15-24,30,36,39H,2,5-6,13-14,25-28H2,1H3/t36-/m0/s1. The van der Waals surface area contributed by atoms with Crippen LogP contribution in [0.2, 0.25) is 0 Å². The number of rotatable bonds is 14. The molecular weight excluding hydrogens is 548 g/mol. The van der Waals surface area contributed by atoms with Crippen molar-refractivity contribution in [2.75, 3.05) is 37.0 Å². The zero-order valence-corrected chi connectivity index (χ0v) is 25.5. The van der Waals surface area contributed by atoms with E-state index in [1.807, 2.05) is 60.7 Å². The van der Waals surface area contributed by atoms with Crippen LogP contribution >= 0.6 is 0 Å². The van der Waals surface area contributed by atoms with Gasteiger partial charge in [0.15, 0.2) is 5.78 Å². The molecule has 4 aromatic carbocycles. The minimum absolute atomic E-state index is 0.108. The number of esters is 1. The number of nitrogens with one attached hydrogen (secondary N) is 1. The predicted octanol–water partition coefficient (Wildman–Crippen LogP) is 7.58. The topological polar surface area (TPSA) is 67.9 Å². The number of nitrogens with zero attached hydrogens (tertiary/aromatic N) is 1. The summed E-state index contributed by atoms with van der Waals surface area (Å²) in [6.07, 6.45) is 7.04. The predicted molar refractivity (Wildman–Crippen MR) is 177 cm³/mol. The van der Waals surface area contributed by atoms with Gasteiger partial charge in [0.1, 0.15) is 18.4 Å². The Kier molecular flexibility index (Phi) is 11.1. The van der Waals surface area contributed by atoms with Crippen molar-refractivity contribution in [1.82, 2.24) is 0 Å². The quantitative estimate of drug-likeness (QED) is 0.121. The fourth-order valence-electron chi connectivity index (χ4n) is 5.95. The summed E-state index contributed by atoms with van der Waals surface area (Å²) >= 11 is 0. The summed E-state index contributed by atoms with van der Waals surface area (Å²) < 4.78 is 11.3. The van der Waals surface area contributed by atoms with E-state index in [0.29, 0.717) is 29.8 Å². The lowest BCUT2D eigenvalue weighted by atomic mass is 9.89. The van der Waals surface area contributed by atoms with E-state index in [-0.39, 0.29) is 5.78 Å². The van der Waals surface area contributed by atoms with Crippen LogP contribution in [0.3, 0.4) is 0 Å². The Morgan fingerprint density at radius 1 is 0.818 bits per heavy atom. The molecule has 6 nitrogen and oxygen atoms in total. The van der Waals surface area contributed by atoms with Crippen molar-refractivity contribution >= 4 is 23.1 Å². The fraction of sp³-hybridized carbons (Fsp3) is 0.316. The number of para-hydroxylation sites is 2. The molecule has 228 valence electrons. The normalized spacial score (nSPS) is 13.9. The smallest absolute Gasteiger partial charge is 0.328 e. The second-order valence-corrected chi connectivity index (χ2v) is 11.4. The number of anilines is 2. The summed E-state index contributed by atoms with van der Waals surface area (Å²) in [6.45, 7) is 2.46. The summed E-state index contributed by atoms with van der Waals surface area (Å²) in [5.74, 6) is 1.03. The zero-order chi connectivity index (χ0) is 30.6. The van der Waals surface area contributed by atoms with E-state index in [1.165, 1.54) is 44.9 Å². The van der Waals surface area contributed by atoms with Gasteiger partial charge in [-0.05, 0) is 60.7 Å². The molecule has 1 aliphatic carbocycles. The van der Waals surface area contributed by atoms with E-state index in [4.69, 9.17) is 9.47 Å². The molecular formula is C38H42N2O4. The molecule has 1 saturated carbocycles. The molecule has 0 amide bonds. The summed E-state index contributed by atoms with van der Waals surface area (Å²) in [7, 11) is 1.38. The minimum atomic E-state index is -0.671. The molecule has 44 heavy (non-hydrogen) atoms. The summed E-state index contributed by atoms with van der Waals surface area (Å²) in [4.78, 5) is 28.5. The third-order valence-corrected chi connectivity index (χ3v) is 8.34. The highest BCUT2D eigenvalue weighted by molar-refractivity contribution is 6.12. The molecule has 0 heterocycles. The van der Waals surface area contributed by atoms with Crippen molar-refractivity contribution < 1.29 is 19.1 Å². The Balaban J connectivity index is 1.20. The second-order valence-electron chi connectivity index (χ2n) is 11.4. The SMILES string of the molecule is COC(=O)[C@H](Cc1ccc(OCCN(CC2CCCCC2)c2ccccc2)cc1)Nc1ccccc1C(=O)c1ccccc1. The highest BCUT2D eigenvalue weighted by Crippen LogP contribution is 2.27. The molecule has 0 unspecified atom stereocenters. The number of carbonyl (C=O) groups excluding carboxylic acids is 2. The van der Waals surface area contributed by atoms with Gasteiger partial charge in [-0.1, -0.05) is 92.1 Å². The van der Waals surface area contributed by atoms with Gasteiger partial charge in [0.05, 0.1) is 13.7 Å². The van der Waals surface area contributed by atoms with Crippen LogP contribution in [0.15, 0.2) is 109 Å². The van der Waals surface area contributed by atoms with E-state index in [1.54, 1.807) is 18.2 Å². The van der Waals surface area contributed by atoms with Gasteiger partial charge in [0.25, 0.3) is 0 Å². The minimum Gasteiger partial charge on any atom is -0.492 e. The first-order valence-electron chi connectivity index (χ1n) is 15.7. The lowest BCUT2D eigenvalue weighted by Crippen LogP contribution is -2.34. The van der Waals surface area contributed by atoms with E-state index in [0.717, 1.165) is 30.3 Å². The molecule has 6 heteroatoms. The van der Waals surface area contributed by atoms with Crippen molar-refractivity contribution in [3.8, 4) is 5.75 Å². The number of hydrogen-bond acceptors (Lipinski definition) is 6. The van der Waals surface area contributed by atoms with E-state index in [2.05, 4.69) is 40.5 Å². The average molecular weight is 591 g/mol. The maximum Gasteiger partial charge on any atom is 0.328 e. The maximum atomic E-state index is 13.2. The van der Waals surface area contributed by atoms with E-state index >= 15 is 0 Å². The van der Waals surface area contributed by atoms with Crippen LogP contribution in [-0.2, 0) is 16.0 Å². The monoisotopic (exact) mass is 590 g/mol. The van der Waals surface area contributed by atoms with Gasteiger partial charge in [0, 0.05) is 35.5 Å². The molecule has 0 saturated heterocycles. The number of methoxy groups -OCH3 is 1. The Morgan fingerprint density at radius 3 is 2.18 bits per heavy atom. The molecule has 1 fully saturated rings. The molecule has 0 aliphatic heterocycles. The van der Waals surface area contributed by atoms with Crippen LogP contribution < -0.4 is 15.0 Å². The van der Waals surface area contributed by atoms with Gasteiger partial charge in [-0.15, -0.1) is 0 Å². The third-order valence-electron chi connectivity index (χ3n) is 8.34. The second kappa shape index (κ2) is 15.8. The lowest BCUT2D eigenvalue weighted by Gasteiger charge is -2.31. The third kappa shape index (κ3) is 8.50. The van der Waals surface area contributed by atoms with Crippen LogP contribution in [0.4, 0.5) is 11.4 Å². The van der Waals surface area contributed by atoms with Gasteiger partial charge in [-0.25, -0.2) is 4.79 Å². The first-order valence-corrected chi connectivity index (χ1v) is 15.7. The van der Waals surface area contributed by atoms with E-state index < -0.39 is 12.0 Å². The van der Waals surface area contributed by atoms with Crippen LogP contribution in [0.5, 0.6) is 5.75 Å². The van der Waals surface area contributed by atoms with Crippen LogP contribution in [0.1, 0.15) is 53.6 Å². The number of carbonyl (C=O) groups is 2. The Labute approximate surface area is 261 Å². The van der Waals surface area contributed by atoms with Gasteiger partial charge >= 0.3 is 5.97 Å². The van der Waals surface area contributed by atoms with Crippen molar-refractivity contribution in [2.24, 2.45) is 5.92 Å². The van der Waals surface area contributed by atoms with E-state index in [9.17, 15) is 9.59 Å². The van der Waals surface area contributed by atoms with Crippen LogP contribution in [-0.4, -0.2) is 44.6 Å². The molecule has 5 rings (SSSR count). The molecule has 0 bridgehead atoms. The van der Waals surface area contributed by atoms with Crippen molar-refractivity contribution in [3.05, 3.63) is 126 Å². The largest absolute Gasteiger partial charge is 0.492 e. The van der Waals surface area contributed by atoms with Gasteiger partial charge < -0.3 is 19.7 Å². The average Bonchev–Trinajstić information content (AvgIpc) is 3.09. The maximum absolute atomic E-state index is 13.2.